The second-order valence-electron chi connectivity index (χ2n) is 4.43. The van der Waals surface area contributed by atoms with Gasteiger partial charge in [0.15, 0.2) is 0 Å². The number of oxime groups is 1. The van der Waals surface area contributed by atoms with Gasteiger partial charge in [-0.15, -0.1) is 0 Å². The maximum absolute atomic E-state index is 12.0. The average molecular weight is 332 g/mol. The highest BCUT2D eigenvalue weighted by Crippen LogP contribution is 2.14. The molecule has 2 N–H and O–H groups in total. The van der Waals surface area contributed by atoms with Crippen molar-refractivity contribution < 1.29 is 14.4 Å². The van der Waals surface area contributed by atoms with Crippen molar-refractivity contribution in [3.05, 3.63) is 70.2 Å². The van der Waals surface area contributed by atoms with Crippen LogP contribution in [0, 0.1) is 0 Å². The van der Waals surface area contributed by atoms with E-state index in [1.165, 1.54) is 13.3 Å². The van der Waals surface area contributed by atoms with Crippen LogP contribution in [0.2, 0.25) is 5.02 Å². The molecule has 6 nitrogen and oxygen atoms in total. The van der Waals surface area contributed by atoms with Gasteiger partial charge >= 0.3 is 0 Å². The molecule has 0 aromatic heterocycles. The van der Waals surface area contributed by atoms with Gasteiger partial charge in [0, 0.05) is 5.56 Å². The molecule has 0 spiro atoms. The van der Waals surface area contributed by atoms with Crippen molar-refractivity contribution in [1.29, 1.82) is 0 Å². The number of hydrogen-bond donors (Lipinski definition) is 2. The van der Waals surface area contributed by atoms with Gasteiger partial charge in [0.2, 0.25) is 0 Å². The summed E-state index contributed by atoms with van der Waals surface area (Å²) in [6.45, 7) is 0. The van der Waals surface area contributed by atoms with Crippen molar-refractivity contribution in [2.24, 2.45) is 5.16 Å². The number of hydrogen-bond acceptors (Lipinski definition) is 4. The van der Waals surface area contributed by atoms with E-state index >= 15 is 0 Å². The van der Waals surface area contributed by atoms with Crippen LogP contribution in [0.4, 0.5) is 0 Å². The van der Waals surface area contributed by atoms with Crippen LogP contribution < -0.4 is 10.9 Å². The summed E-state index contributed by atoms with van der Waals surface area (Å²) in [5.41, 5.74) is 6.10. The van der Waals surface area contributed by atoms with Gasteiger partial charge in [-0.25, -0.2) is 0 Å². The van der Waals surface area contributed by atoms with E-state index in [4.69, 9.17) is 11.6 Å². The third-order valence-corrected chi connectivity index (χ3v) is 3.22. The third-order valence-electron chi connectivity index (χ3n) is 2.89. The molecule has 7 heteroatoms. The molecule has 0 fully saturated rings. The molecule has 0 aliphatic heterocycles. The summed E-state index contributed by atoms with van der Waals surface area (Å²) in [6, 6.07) is 13.2. The molecule has 0 unspecified atom stereocenters. The highest BCUT2D eigenvalue weighted by molar-refractivity contribution is 6.33. The molecule has 2 rings (SSSR count). The Bertz CT molecular complexity index is 730. The first-order chi connectivity index (χ1) is 11.1. The van der Waals surface area contributed by atoms with Crippen molar-refractivity contribution >= 4 is 29.6 Å². The summed E-state index contributed by atoms with van der Waals surface area (Å²) < 4.78 is 0. The molecular weight excluding hydrogens is 318 g/mol. The normalized spacial score (nSPS) is 10.3. The highest BCUT2D eigenvalue weighted by atomic mass is 35.5. The van der Waals surface area contributed by atoms with E-state index in [1.54, 1.807) is 48.5 Å². The van der Waals surface area contributed by atoms with Crippen molar-refractivity contribution in [1.82, 2.24) is 10.9 Å². The summed E-state index contributed by atoms with van der Waals surface area (Å²) in [6.07, 6.45) is 1.51. The quantitative estimate of drug-likeness (QED) is 0.667. The van der Waals surface area contributed by atoms with Crippen molar-refractivity contribution in [3.8, 4) is 0 Å². The Kier molecular flexibility index (Phi) is 5.71. The second kappa shape index (κ2) is 7.95. The molecule has 0 saturated carbocycles. The molecule has 0 heterocycles. The molecule has 118 valence electrons. The van der Waals surface area contributed by atoms with Gasteiger partial charge in [-0.1, -0.05) is 41.0 Å². The zero-order valence-corrected chi connectivity index (χ0v) is 13.0. The van der Waals surface area contributed by atoms with Gasteiger partial charge in [0.25, 0.3) is 11.8 Å². The number of nitrogens with one attached hydrogen (secondary N) is 2. The van der Waals surface area contributed by atoms with Gasteiger partial charge in [-0.05, 0) is 29.8 Å². The lowest BCUT2D eigenvalue weighted by atomic mass is 10.1. The number of nitrogens with zero attached hydrogens (tertiary/aromatic N) is 1. The molecule has 2 aromatic rings. The number of hydrazine groups is 1. The Morgan fingerprint density at radius 3 is 2.35 bits per heavy atom. The first-order valence-electron chi connectivity index (χ1n) is 6.63. The number of benzene rings is 2. The molecule has 23 heavy (non-hydrogen) atoms. The van der Waals surface area contributed by atoms with Crippen molar-refractivity contribution in [2.75, 3.05) is 7.11 Å². The molecule has 0 saturated heterocycles. The summed E-state index contributed by atoms with van der Waals surface area (Å²) in [7, 11) is 1.44. The van der Waals surface area contributed by atoms with Crippen LogP contribution in [0.3, 0.4) is 0 Å². The molecule has 0 radical (unpaired) electrons. The van der Waals surface area contributed by atoms with Crippen LogP contribution in [0.1, 0.15) is 26.3 Å². The minimum absolute atomic E-state index is 0.278. The van der Waals surface area contributed by atoms with Gasteiger partial charge < -0.3 is 4.84 Å². The molecule has 2 amide bonds. The van der Waals surface area contributed by atoms with Crippen LogP contribution in [0.5, 0.6) is 0 Å². The van der Waals surface area contributed by atoms with Crippen molar-refractivity contribution in [2.45, 2.75) is 0 Å². The number of halogens is 1. The van der Waals surface area contributed by atoms with E-state index in [2.05, 4.69) is 20.8 Å². The number of amides is 2. The van der Waals surface area contributed by atoms with Crippen molar-refractivity contribution in [3.63, 3.8) is 0 Å². The molecular formula is C16H14ClN3O3. The fourth-order valence-electron chi connectivity index (χ4n) is 1.73. The van der Waals surface area contributed by atoms with Crippen LogP contribution in [0.25, 0.3) is 0 Å². The monoisotopic (exact) mass is 331 g/mol. The molecule has 0 bridgehead atoms. The third kappa shape index (κ3) is 4.55. The van der Waals surface area contributed by atoms with E-state index < -0.39 is 11.8 Å². The Labute approximate surface area is 138 Å². The summed E-state index contributed by atoms with van der Waals surface area (Å²) >= 11 is 5.91. The minimum Gasteiger partial charge on any atom is -0.399 e. The van der Waals surface area contributed by atoms with Crippen LogP contribution in [-0.2, 0) is 4.84 Å². The summed E-state index contributed by atoms with van der Waals surface area (Å²) in [5.74, 6) is -0.937. The first-order valence-corrected chi connectivity index (χ1v) is 7.01. The van der Waals surface area contributed by atoms with Crippen LogP contribution in [-0.4, -0.2) is 25.1 Å². The maximum Gasteiger partial charge on any atom is 0.271 e. The fourth-order valence-corrected chi connectivity index (χ4v) is 1.95. The van der Waals surface area contributed by atoms with Gasteiger partial charge in [0.05, 0.1) is 16.8 Å². The minimum atomic E-state index is -0.493. The first kappa shape index (κ1) is 16.5. The Morgan fingerprint density at radius 1 is 1.04 bits per heavy atom. The smallest absolute Gasteiger partial charge is 0.271 e. The lowest BCUT2D eigenvalue weighted by Crippen LogP contribution is -2.41. The largest absolute Gasteiger partial charge is 0.399 e. The summed E-state index contributed by atoms with van der Waals surface area (Å²) in [4.78, 5) is 28.5. The molecule has 2 aromatic carbocycles. The zero-order chi connectivity index (χ0) is 16.7. The maximum atomic E-state index is 12.0. The molecule has 0 atom stereocenters. The van der Waals surface area contributed by atoms with E-state index in [-0.39, 0.29) is 5.56 Å². The number of carbonyl (C=O) groups excluding carboxylic acids is 2. The summed E-state index contributed by atoms with van der Waals surface area (Å²) in [5, 5.41) is 3.93. The second-order valence-corrected chi connectivity index (χ2v) is 4.83. The highest BCUT2D eigenvalue weighted by Gasteiger charge is 2.11. The predicted molar refractivity (Wildman–Crippen MR) is 87.4 cm³/mol. The van der Waals surface area contributed by atoms with Gasteiger partial charge in [0.1, 0.15) is 7.11 Å². The average Bonchev–Trinajstić information content (AvgIpc) is 2.58. The van der Waals surface area contributed by atoms with E-state index in [1.807, 2.05) is 0 Å². The van der Waals surface area contributed by atoms with E-state index in [0.717, 1.165) is 5.56 Å². The predicted octanol–water partition coefficient (Wildman–Crippen LogP) is 2.40. The fraction of sp³-hybridized carbons (Fsp3) is 0.0625. The van der Waals surface area contributed by atoms with E-state index in [0.29, 0.717) is 10.6 Å². The standard InChI is InChI=1S/C16H14ClN3O3/c1-23-18-10-11-6-8-12(9-7-11)15(21)19-20-16(22)13-4-2-3-5-14(13)17/h2-10H,1H3,(H,19,21)(H,20,22)/b18-10+. The zero-order valence-electron chi connectivity index (χ0n) is 12.2. The molecule has 0 aliphatic carbocycles. The SMILES string of the molecule is CO/N=C/c1ccc(C(=O)NNC(=O)c2ccccc2Cl)cc1. The lowest BCUT2D eigenvalue weighted by Gasteiger charge is -2.08. The Balaban J connectivity index is 1.96. The van der Waals surface area contributed by atoms with Gasteiger partial charge in [-0.2, -0.15) is 0 Å². The van der Waals surface area contributed by atoms with Gasteiger partial charge in [-0.3, -0.25) is 20.4 Å². The van der Waals surface area contributed by atoms with Crippen LogP contribution in [0.15, 0.2) is 53.7 Å². The van der Waals surface area contributed by atoms with Crippen LogP contribution >= 0.6 is 11.6 Å². The number of rotatable bonds is 4. The molecule has 0 aliphatic rings. The number of carbonyl (C=O) groups is 2. The Morgan fingerprint density at radius 2 is 1.70 bits per heavy atom. The lowest BCUT2D eigenvalue weighted by molar-refractivity contribution is 0.0847. The van der Waals surface area contributed by atoms with E-state index in [9.17, 15) is 9.59 Å². The Hall–Kier alpha value is -2.86. The topological polar surface area (TPSA) is 79.8 Å².